The molecule has 0 saturated carbocycles. The molecule has 0 bridgehead atoms. The number of rotatable bonds is 2. The Balaban J connectivity index is 2.27. The van der Waals surface area contributed by atoms with Gasteiger partial charge in [0.25, 0.3) is 0 Å². The minimum Gasteiger partial charge on any atom is -0.192 e. The monoisotopic (exact) mass is 305 g/mol. The zero-order valence-electron chi connectivity index (χ0n) is 8.90. The van der Waals surface area contributed by atoms with E-state index in [-0.39, 0.29) is 5.38 Å². The van der Waals surface area contributed by atoms with Crippen LogP contribution >= 0.6 is 27.5 Å². The van der Waals surface area contributed by atoms with Gasteiger partial charge in [-0.2, -0.15) is 5.26 Å². The Morgan fingerprint density at radius 1 is 0.941 bits per heavy atom. The third kappa shape index (κ3) is 2.88. The molecule has 2 aromatic carbocycles. The molecule has 3 heteroatoms. The smallest absolute Gasteiger partial charge is 0.0991 e. The molecule has 1 nitrogen and oxygen atoms in total. The highest BCUT2D eigenvalue weighted by Gasteiger charge is 2.10. The highest BCUT2D eigenvalue weighted by atomic mass is 79.9. The first-order chi connectivity index (χ1) is 8.20. The maximum atomic E-state index is 8.73. The first-order valence-corrected chi connectivity index (χ1v) is 6.33. The molecule has 0 spiro atoms. The molecule has 1 atom stereocenters. The highest BCUT2D eigenvalue weighted by molar-refractivity contribution is 9.10. The van der Waals surface area contributed by atoms with Crippen LogP contribution in [0.25, 0.3) is 0 Å². The lowest BCUT2D eigenvalue weighted by atomic mass is 10.0. The molecule has 1 unspecified atom stereocenters. The topological polar surface area (TPSA) is 23.8 Å². The van der Waals surface area contributed by atoms with Gasteiger partial charge < -0.3 is 0 Å². The fourth-order valence-electron chi connectivity index (χ4n) is 1.55. The Morgan fingerprint density at radius 3 is 1.88 bits per heavy atom. The summed E-state index contributed by atoms with van der Waals surface area (Å²) in [5.74, 6) is 0. The predicted octanol–water partition coefficient (Wildman–Crippen LogP) is 4.65. The molecule has 0 heterocycles. The molecule has 0 aliphatic rings. The highest BCUT2D eigenvalue weighted by Crippen LogP contribution is 2.29. The molecule has 84 valence electrons. The molecule has 0 aliphatic heterocycles. The van der Waals surface area contributed by atoms with Crippen molar-refractivity contribution in [3.8, 4) is 6.07 Å². The molecule has 17 heavy (non-hydrogen) atoms. The molecule has 0 radical (unpaired) electrons. The molecule has 0 fully saturated rings. The average Bonchev–Trinajstić information content (AvgIpc) is 2.39. The van der Waals surface area contributed by atoms with Crippen molar-refractivity contribution < 1.29 is 0 Å². The molecule has 0 aliphatic carbocycles. The Hall–Kier alpha value is -1.30. The first kappa shape index (κ1) is 12.2. The van der Waals surface area contributed by atoms with E-state index in [1.54, 1.807) is 12.1 Å². The van der Waals surface area contributed by atoms with Crippen LogP contribution in [-0.2, 0) is 0 Å². The average molecular weight is 307 g/mol. The second kappa shape index (κ2) is 5.35. The van der Waals surface area contributed by atoms with Crippen molar-refractivity contribution >= 4 is 27.5 Å². The van der Waals surface area contributed by atoms with Crippen molar-refractivity contribution in [1.29, 1.82) is 5.26 Å². The zero-order valence-corrected chi connectivity index (χ0v) is 11.2. The van der Waals surface area contributed by atoms with Crippen LogP contribution in [-0.4, -0.2) is 0 Å². The molecule has 2 rings (SSSR count). The summed E-state index contributed by atoms with van der Waals surface area (Å²) in [5.41, 5.74) is 2.68. The number of hydrogen-bond donors (Lipinski definition) is 0. The summed E-state index contributed by atoms with van der Waals surface area (Å²) in [6.45, 7) is 0. The number of alkyl halides is 1. The number of benzene rings is 2. The fourth-order valence-corrected chi connectivity index (χ4v) is 2.11. The first-order valence-electron chi connectivity index (χ1n) is 5.10. The largest absolute Gasteiger partial charge is 0.192 e. The number of hydrogen-bond acceptors (Lipinski definition) is 1. The summed E-state index contributed by atoms with van der Waals surface area (Å²) in [6, 6.07) is 17.3. The van der Waals surface area contributed by atoms with E-state index in [0.717, 1.165) is 15.6 Å². The summed E-state index contributed by atoms with van der Waals surface area (Å²) in [4.78, 5) is 0. The van der Waals surface area contributed by atoms with E-state index < -0.39 is 0 Å². The third-order valence-electron chi connectivity index (χ3n) is 2.50. The van der Waals surface area contributed by atoms with Crippen LogP contribution in [0.15, 0.2) is 53.0 Å². The Morgan fingerprint density at radius 2 is 1.41 bits per heavy atom. The van der Waals surface area contributed by atoms with E-state index in [2.05, 4.69) is 22.0 Å². The summed E-state index contributed by atoms with van der Waals surface area (Å²) >= 11 is 9.77. The summed E-state index contributed by atoms with van der Waals surface area (Å²) < 4.78 is 1.03. The van der Waals surface area contributed by atoms with Crippen molar-refractivity contribution in [3.05, 3.63) is 69.7 Å². The lowest BCUT2D eigenvalue weighted by Crippen LogP contribution is -1.92. The van der Waals surface area contributed by atoms with E-state index in [9.17, 15) is 0 Å². The molecular formula is C14H9BrClN. The molecule has 0 N–H and O–H groups in total. The SMILES string of the molecule is N#Cc1ccc(C(Cl)c2ccc(Br)cc2)cc1. The van der Waals surface area contributed by atoms with Gasteiger partial charge in [0.1, 0.15) is 0 Å². The lowest BCUT2D eigenvalue weighted by molar-refractivity contribution is 1.14. The Labute approximate surface area is 114 Å². The molecular weight excluding hydrogens is 298 g/mol. The van der Waals surface area contributed by atoms with Crippen molar-refractivity contribution in [2.45, 2.75) is 5.38 Å². The number of halogens is 2. The van der Waals surface area contributed by atoms with E-state index in [0.29, 0.717) is 5.56 Å². The van der Waals surface area contributed by atoms with Gasteiger partial charge in [-0.05, 0) is 35.4 Å². The maximum absolute atomic E-state index is 8.73. The van der Waals surface area contributed by atoms with Crippen molar-refractivity contribution in [2.24, 2.45) is 0 Å². The van der Waals surface area contributed by atoms with Crippen molar-refractivity contribution in [1.82, 2.24) is 0 Å². The summed E-state index contributed by atoms with van der Waals surface area (Å²) in [7, 11) is 0. The van der Waals surface area contributed by atoms with Crippen molar-refractivity contribution in [2.75, 3.05) is 0 Å². The van der Waals surface area contributed by atoms with E-state index >= 15 is 0 Å². The van der Waals surface area contributed by atoms with Gasteiger partial charge in [-0.1, -0.05) is 40.2 Å². The van der Waals surface area contributed by atoms with Gasteiger partial charge >= 0.3 is 0 Å². The maximum Gasteiger partial charge on any atom is 0.0991 e. The molecule has 2 aromatic rings. The summed E-state index contributed by atoms with van der Waals surface area (Å²) in [6.07, 6.45) is 0. The van der Waals surface area contributed by atoms with Gasteiger partial charge in [-0.15, -0.1) is 11.6 Å². The number of nitrogens with zero attached hydrogens (tertiary/aromatic N) is 1. The zero-order chi connectivity index (χ0) is 12.3. The van der Waals surface area contributed by atoms with Gasteiger partial charge in [0.2, 0.25) is 0 Å². The predicted molar refractivity (Wildman–Crippen MR) is 73.0 cm³/mol. The van der Waals surface area contributed by atoms with Crippen LogP contribution in [0.2, 0.25) is 0 Å². The second-order valence-electron chi connectivity index (χ2n) is 3.65. The van der Waals surface area contributed by atoms with Gasteiger partial charge in [0, 0.05) is 4.47 Å². The lowest BCUT2D eigenvalue weighted by Gasteiger charge is -2.10. The van der Waals surface area contributed by atoms with Crippen molar-refractivity contribution in [3.63, 3.8) is 0 Å². The van der Waals surface area contributed by atoms with E-state index in [1.165, 1.54) is 0 Å². The van der Waals surface area contributed by atoms with Crippen LogP contribution in [0.3, 0.4) is 0 Å². The third-order valence-corrected chi connectivity index (χ3v) is 3.53. The van der Waals surface area contributed by atoms with E-state index in [4.69, 9.17) is 16.9 Å². The fraction of sp³-hybridized carbons (Fsp3) is 0.0714. The van der Waals surface area contributed by atoms with Crippen LogP contribution in [0.5, 0.6) is 0 Å². The van der Waals surface area contributed by atoms with Gasteiger partial charge in [0.15, 0.2) is 0 Å². The van der Waals surface area contributed by atoms with Crippen LogP contribution < -0.4 is 0 Å². The quantitative estimate of drug-likeness (QED) is 0.741. The molecule has 0 aromatic heterocycles. The van der Waals surface area contributed by atoms with Gasteiger partial charge in [0.05, 0.1) is 17.0 Å². The normalized spacial score (nSPS) is 11.8. The van der Waals surface area contributed by atoms with Crippen LogP contribution in [0, 0.1) is 11.3 Å². The second-order valence-corrected chi connectivity index (χ2v) is 5.00. The van der Waals surface area contributed by atoms with Crippen LogP contribution in [0.1, 0.15) is 22.1 Å². The minimum absolute atomic E-state index is 0.184. The minimum atomic E-state index is -0.184. The van der Waals surface area contributed by atoms with Crippen LogP contribution in [0.4, 0.5) is 0 Å². The number of nitriles is 1. The molecule has 0 saturated heterocycles. The van der Waals surface area contributed by atoms with E-state index in [1.807, 2.05) is 36.4 Å². The standard InChI is InChI=1S/C14H9BrClN/c15-13-7-5-12(6-8-13)14(16)11-3-1-10(9-17)2-4-11/h1-8,14H. The molecule has 0 amide bonds. The van der Waals surface area contributed by atoms with Gasteiger partial charge in [-0.3, -0.25) is 0 Å². The summed E-state index contributed by atoms with van der Waals surface area (Å²) in [5, 5.41) is 8.54. The Bertz CT molecular complexity index is 540. The van der Waals surface area contributed by atoms with Gasteiger partial charge in [-0.25, -0.2) is 0 Å². The Kier molecular flexibility index (Phi) is 3.83.